The number of para-hydroxylation sites is 1. The predicted octanol–water partition coefficient (Wildman–Crippen LogP) is 5.59. The number of benzene rings is 3. The predicted molar refractivity (Wildman–Crippen MR) is 110 cm³/mol. The number of hydrogen-bond acceptors (Lipinski definition) is 4. The van der Waals surface area contributed by atoms with E-state index in [4.69, 9.17) is 26.2 Å². The number of methoxy groups -OCH3 is 1. The molecule has 0 radical (unpaired) electrons. The van der Waals surface area contributed by atoms with Crippen LogP contribution in [0.2, 0.25) is 5.02 Å². The van der Waals surface area contributed by atoms with Crippen molar-refractivity contribution in [1.82, 2.24) is 5.01 Å². The number of halogens is 1. The van der Waals surface area contributed by atoms with E-state index in [1.807, 2.05) is 54.6 Å². The maximum atomic E-state index is 6.35. The monoisotopic (exact) mass is 390 g/mol. The Kier molecular flexibility index (Phi) is 4.21. The van der Waals surface area contributed by atoms with Crippen molar-refractivity contribution in [3.8, 4) is 11.5 Å². The second kappa shape index (κ2) is 6.88. The van der Waals surface area contributed by atoms with Gasteiger partial charge in [0.05, 0.1) is 18.9 Å². The molecule has 5 rings (SSSR count). The van der Waals surface area contributed by atoms with Gasteiger partial charge in [0, 0.05) is 22.6 Å². The summed E-state index contributed by atoms with van der Waals surface area (Å²) < 4.78 is 11.6. The molecule has 28 heavy (non-hydrogen) atoms. The van der Waals surface area contributed by atoms with Gasteiger partial charge in [-0.2, -0.15) is 5.10 Å². The molecule has 2 atom stereocenters. The summed E-state index contributed by atoms with van der Waals surface area (Å²) in [6.45, 7) is 0. The first-order valence-corrected chi connectivity index (χ1v) is 9.62. The lowest BCUT2D eigenvalue weighted by molar-refractivity contribution is -0.0190. The Bertz CT molecular complexity index is 1030. The number of nitrogens with zero attached hydrogens (tertiary/aromatic N) is 2. The minimum absolute atomic E-state index is 0.141. The molecule has 2 aliphatic heterocycles. The lowest BCUT2D eigenvalue weighted by Gasteiger charge is -2.38. The highest BCUT2D eigenvalue weighted by Crippen LogP contribution is 2.47. The van der Waals surface area contributed by atoms with Crippen molar-refractivity contribution in [3.05, 3.63) is 94.5 Å². The summed E-state index contributed by atoms with van der Waals surface area (Å²) in [5.41, 5.74) is 4.35. The Labute approximate surface area is 169 Å². The quantitative estimate of drug-likeness (QED) is 0.584. The first-order chi connectivity index (χ1) is 13.7. The van der Waals surface area contributed by atoms with E-state index in [0.29, 0.717) is 5.02 Å². The van der Waals surface area contributed by atoms with Gasteiger partial charge in [-0.25, -0.2) is 5.01 Å². The summed E-state index contributed by atoms with van der Waals surface area (Å²) in [6, 6.07) is 24.2. The molecule has 0 aromatic heterocycles. The Balaban J connectivity index is 1.56. The zero-order chi connectivity index (χ0) is 19.1. The third kappa shape index (κ3) is 2.90. The van der Waals surface area contributed by atoms with Crippen LogP contribution in [0.4, 0.5) is 0 Å². The molecule has 0 spiro atoms. The van der Waals surface area contributed by atoms with Crippen molar-refractivity contribution in [2.45, 2.75) is 18.7 Å². The van der Waals surface area contributed by atoms with Gasteiger partial charge in [0.25, 0.3) is 0 Å². The van der Waals surface area contributed by atoms with E-state index in [9.17, 15) is 0 Å². The molecule has 2 aliphatic rings. The van der Waals surface area contributed by atoms with E-state index in [0.717, 1.165) is 34.8 Å². The van der Waals surface area contributed by atoms with Gasteiger partial charge in [-0.05, 0) is 48.0 Å². The lowest BCUT2D eigenvalue weighted by atomic mass is 9.96. The minimum atomic E-state index is -0.284. The van der Waals surface area contributed by atoms with Crippen molar-refractivity contribution >= 4 is 17.3 Å². The molecule has 0 bridgehead atoms. The zero-order valence-electron chi connectivity index (χ0n) is 15.4. The molecule has 2 heterocycles. The van der Waals surface area contributed by atoms with Gasteiger partial charge in [-0.15, -0.1) is 0 Å². The molecule has 0 saturated carbocycles. The zero-order valence-corrected chi connectivity index (χ0v) is 16.1. The number of fused-ring (bicyclic) bond motifs is 3. The van der Waals surface area contributed by atoms with Crippen LogP contribution >= 0.6 is 11.6 Å². The van der Waals surface area contributed by atoms with Gasteiger partial charge in [0.15, 0.2) is 0 Å². The lowest BCUT2D eigenvalue weighted by Crippen LogP contribution is -2.33. The van der Waals surface area contributed by atoms with Gasteiger partial charge in [0.1, 0.15) is 11.5 Å². The highest BCUT2D eigenvalue weighted by Gasteiger charge is 2.40. The van der Waals surface area contributed by atoms with Crippen LogP contribution in [0.5, 0.6) is 11.5 Å². The topological polar surface area (TPSA) is 34.1 Å². The van der Waals surface area contributed by atoms with Crippen LogP contribution in [0.25, 0.3) is 0 Å². The standard InChI is InChI=1S/C23H19ClN2O2/c1-27-18-12-8-15(9-13-18)20-14-21-19-4-2-3-5-22(19)28-23(26(21)25-20)16-6-10-17(24)11-7-16/h2-13,21,23H,14H2,1H3/t21-,23-/m0/s1. The van der Waals surface area contributed by atoms with Crippen LogP contribution in [0.1, 0.15) is 35.4 Å². The van der Waals surface area contributed by atoms with Gasteiger partial charge in [-0.3, -0.25) is 0 Å². The number of rotatable bonds is 3. The Morgan fingerprint density at radius 3 is 2.50 bits per heavy atom. The second-order valence-electron chi connectivity index (χ2n) is 6.93. The number of hydrazone groups is 1. The van der Waals surface area contributed by atoms with E-state index in [1.54, 1.807) is 7.11 Å². The molecule has 4 nitrogen and oxygen atoms in total. The number of hydrogen-bond donors (Lipinski definition) is 0. The average Bonchev–Trinajstić information content (AvgIpc) is 3.20. The van der Waals surface area contributed by atoms with Gasteiger partial charge >= 0.3 is 0 Å². The van der Waals surface area contributed by atoms with E-state index >= 15 is 0 Å². The first kappa shape index (κ1) is 17.1. The fourth-order valence-electron chi connectivity index (χ4n) is 3.84. The van der Waals surface area contributed by atoms with Crippen LogP contribution in [0.15, 0.2) is 77.9 Å². The van der Waals surface area contributed by atoms with E-state index in [2.05, 4.69) is 23.2 Å². The molecule has 0 amide bonds. The molecule has 0 saturated heterocycles. The van der Waals surface area contributed by atoms with Gasteiger partial charge in [-0.1, -0.05) is 41.9 Å². The molecule has 0 fully saturated rings. The summed E-state index contributed by atoms with van der Waals surface area (Å²) in [4.78, 5) is 0. The third-order valence-corrected chi connectivity index (χ3v) is 5.53. The van der Waals surface area contributed by atoms with E-state index in [-0.39, 0.29) is 12.3 Å². The normalized spacial score (nSPS) is 20.1. The highest BCUT2D eigenvalue weighted by molar-refractivity contribution is 6.30. The van der Waals surface area contributed by atoms with Crippen molar-refractivity contribution in [2.75, 3.05) is 7.11 Å². The highest BCUT2D eigenvalue weighted by atomic mass is 35.5. The van der Waals surface area contributed by atoms with Crippen molar-refractivity contribution in [3.63, 3.8) is 0 Å². The van der Waals surface area contributed by atoms with Gasteiger partial charge < -0.3 is 9.47 Å². The van der Waals surface area contributed by atoms with Crippen molar-refractivity contribution < 1.29 is 9.47 Å². The fourth-order valence-corrected chi connectivity index (χ4v) is 3.97. The fraction of sp³-hybridized carbons (Fsp3) is 0.174. The molecule has 5 heteroatoms. The Morgan fingerprint density at radius 1 is 1.00 bits per heavy atom. The van der Waals surface area contributed by atoms with Crippen LogP contribution in [-0.4, -0.2) is 17.8 Å². The molecular weight excluding hydrogens is 372 g/mol. The number of ether oxygens (including phenoxy) is 2. The Morgan fingerprint density at radius 2 is 1.75 bits per heavy atom. The molecule has 0 N–H and O–H groups in total. The summed E-state index contributed by atoms with van der Waals surface area (Å²) >= 11 is 6.08. The van der Waals surface area contributed by atoms with Crippen LogP contribution in [0, 0.1) is 0 Å². The smallest absolute Gasteiger partial charge is 0.213 e. The van der Waals surface area contributed by atoms with Crippen LogP contribution in [-0.2, 0) is 0 Å². The van der Waals surface area contributed by atoms with Crippen molar-refractivity contribution in [2.24, 2.45) is 5.10 Å². The average molecular weight is 391 g/mol. The molecule has 3 aromatic carbocycles. The summed E-state index contributed by atoms with van der Waals surface area (Å²) in [5.74, 6) is 1.75. The summed E-state index contributed by atoms with van der Waals surface area (Å²) in [5, 5.41) is 7.75. The van der Waals surface area contributed by atoms with E-state index in [1.165, 1.54) is 5.56 Å². The Hall–Kier alpha value is -2.98. The van der Waals surface area contributed by atoms with E-state index < -0.39 is 0 Å². The first-order valence-electron chi connectivity index (χ1n) is 9.24. The van der Waals surface area contributed by atoms with Crippen LogP contribution < -0.4 is 9.47 Å². The molecule has 3 aromatic rings. The second-order valence-corrected chi connectivity index (χ2v) is 7.37. The molecule has 0 aliphatic carbocycles. The maximum Gasteiger partial charge on any atom is 0.213 e. The molecule has 140 valence electrons. The summed E-state index contributed by atoms with van der Waals surface area (Å²) in [6.07, 6.45) is 0.546. The summed E-state index contributed by atoms with van der Waals surface area (Å²) in [7, 11) is 1.67. The minimum Gasteiger partial charge on any atom is -0.497 e. The SMILES string of the molecule is COc1ccc(C2=NN3[C@@H](C2)c2ccccc2O[C@H]3c2ccc(Cl)cc2)cc1. The van der Waals surface area contributed by atoms with Crippen LogP contribution in [0.3, 0.4) is 0 Å². The third-order valence-electron chi connectivity index (χ3n) is 5.28. The molecule has 0 unspecified atom stereocenters. The van der Waals surface area contributed by atoms with Crippen molar-refractivity contribution in [1.29, 1.82) is 0 Å². The maximum absolute atomic E-state index is 6.35. The largest absolute Gasteiger partial charge is 0.497 e. The molecular formula is C23H19ClN2O2. The van der Waals surface area contributed by atoms with Gasteiger partial charge in [0.2, 0.25) is 6.23 Å².